The number of hydrogen-bond acceptors (Lipinski definition) is 2. The molecule has 2 unspecified atom stereocenters. The molecule has 0 fully saturated rings. The first-order valence-corrected chi connectivity index (χ1v) is 6.19. The molecule has 1 rings (SSSR count). The summed E-state index contributed by atoms with van der Waals surface area (Å²) in [4.78, 5) is 12.0. The number of rotatable bonds is 6. The van der Waals surface area contributed by atoms with Gasteiger partial charge in [-0.15, -0.1) is 0 Å². The number of Topliss-reactive ketones (excluding diaryl/α,β-unsaturated/α-hetero) is 1. The Morgan fingerprint density at radius 2 is 1.82 bits per heavy atom. The van der Waals surface area contributed by atoms with Gasteiger partial charge in [-0.05, 0) is 24.8 Å². The van der Waals surface area contributed by atoms with E-state index in [-0.39, 0.29) is 17.8 Å². The smallest absolute Gasteiger partial charge is 0.165 e. The number of hydrogen-bond donors (Lipinski definition) is 1. The average molecular weight is 233 g/mol. The predicted octanol–water partition coefficient (Wildman–Crippen LogP) is 3.10. The van der Waals surface area contributed by atoms with Crippen molar-refractivity contribution < 1.29 is 9.90 Å². The lowest BCUT2D eigenvalue weighted by Gasteiger charge is -2.17. The molecule has 93 valence electrons. The van der Waals surface area contributed by atoms with E-state index >= 15 is 0 Å². The summed E-state index contributed by atoms with van der Waals surface area (Å²) in [6.07, 6.45) is 0.903. The number of ketones is 1. The summed E-state index contributed by atoms with van der Waals surface area (Å²) < 4.78 is 0. The highest BCUT2D eigenvalue weighted by Crippen LogP contribution is 2.17. The largest absolute Gasteiger partial charge is 0.393 e. The van der Waals surface area contributed by atoms with Crippen LogP contribution in [0, 0.1) is 17.9 Å². The first-order valence-electron chi connectivity index (χ1n) is 6.19. The Labute approximate surface area is 104 Å². The van der Waals surface area contributed by atoms with Gasteiger partial charge in [0.15, 0.2) is 5.78 Å². The quantitative estimate of drug-likeness (QED) is 0.767. The standard InChI is InChI=1S/C15H21O2/c1-11(2)9-14(16)10-12(3)15(17)13-7-5-4-6-8-13/h5-8,11-12,14,16H,9-10H2,1-3H3. The minimum Gasteiger partial charge on any atom is -0.393 e. The molecule has 1 radical (unpaired) electrons. The molecule has 0 spiro atoms. The Hall–Kier alpha value is -1.15. The number of aliphatic hydroxyl groups is 1. The topological polar surface area (TPSA) is 37.3 Å². The van der Waals surface area contributed by atoms with Gasteiger partial charge in [0.2, 0.25) is 0 Å². The Morgan fingerprint density at radius 1 is 1.24 bits per heavy atom. The van der Waals surface area contributed by atoms with E-state index in [1.807, 2.05) is 6.92 Å². The third-order valence-corrected chi connectivity index (χ3v) is 2.82. The van der Waals surface area contributed by atoms with E-state index in [2.05, 4.69) is 19.9 Å². The predicted molar refractivity (Wildman–Crippen MR) is 68.9 cm³/mol. The zero-order chi connectivity index (χ0) is 12.8. The molecule has 0 amide bonds. The Kier molecular flexibility index (Phi) is 5.36. The zero-order valence-electron chi connectivity index (χ0n) is 10.8. The maximum atomic E-state index is 12.0. The van der Waals surface area contributed by atoms with E-state index in [1.54, 1.807) is 24.3 Å². The molecule has 1 aromatic carbocycles. The fraction of sp³-hybridized carbons (Fsp3) is 0.533. The molecule has 17 heavy (non-hydrogen) atoms. The van der Waals surface area contributed by atoms with Crippen LogP contribution in [0.15, 0.2) is 24.3 Å². The maximum Gasteiger partial charge on any atom is 0.165 e. The highest BCUT2D eigenvalue weighted by molar-refractivity contribution is 5.97. The van der Waals surface area contributed by atoms with Gasteiger partial charge in [0.05, 0.1) is 6.10 Å². The van der Waals surface area contributed by atoms with Gasteiger partial charge in [-0.1, -0.05) is 45.0 Å². The van der Waals surface area contributed by atoms with Crippen molar-refractivity contribution >= 4 is 5.78 Å². The third kappa shape index (κ3) is 4.70. The van der Waals surface area contributed by atoms with Crippen molar-refractivity contribution in [2.75, 3.05) is 0 Å². The Balaban J connectivity index is 2.53. The lowest BCUT2D eigenvalue weighted by molar-refractivity contribution is 0.0820. The van der Waals surface area contributed by atoms with Crippen molar-refractivity contribution in [2.24, 2.45) is 11.8 Å². The van der Waals surface area contributed by atoms with Gasteiger partial charge in [0, 0.05) is 11.5 Å². The Bertz CT molecular complexity index is 343. The van der Waals surface area contributed by atoms with Crippen LogP contribution in [0.4, 0.5) is 0 Å². The van der Waals surface area contributed by atoms with Gasteiger partial charge in [-0.2, -0.15) is 0 Å². The maximum absolute atomic E-state index is 12.0. The van der Waals surface area contributed by atoms with Crippen molar-refractivity contribution in [1.82, 2.24) is 0 Å². The van der Waals surface area contributed by atoms with Crippen LogP contribution in [0.3, 0.4) is 0 Å². The van der Waals surface area contributed by atoms with Crippen molar-refractivity contribution in [2.45, 2.75) is 39.7 Å². The minimum absolute atomic E-state index is 0.0989. The van der Waals surface area contributed by atoms with Crippen molar-refractivity contribution in [3.05, 3.63) is 35.9 Å². The van der Waals surface area contributed by atoms with Gasteiger partial charge in [-0.3, -0.25) is 4.79 Å². The van der Waals surface area contributed by atoms with Crippen molar-refractivity contribution in [3.8, 4) is 0 Å². The second kappa shape index (κ2) is 6.55. The molecule has 2 atom stereocenters. The molecule has 1 aromatic rings. The molecule has 1 N–H and O–H groups in total. The number of benzene rings is 1. The van der Waals surface area contributed by atoms with Crippen LogP contribution in [0.1, 0.15) is 44.0 Å². The Morgan fingerprint density at radius 3 is 2.35 bits per heavy atom. The van der Waals surface area contributed by atoms with Crippen LogP contribution in [0.2, 0.25) is 0 Å². The van der Waals surface area contributed by atoms with Gasteiger partial charge < -0.3 is 5.11 Å². The number of carbonyl (C=O) groups excluding carboxylic acids is 1. The molecule has 0 saturated carbocycles. The molecule has 2 heteroatoms. The second-order valence-electron chi connectivity index (χ2n) is 5.07. The summed E-state index contributed by atoms with van der Waals surface area (Å²) in [6.45, 7) is 6.02. The first kappa shape index (κ1) is 13.9. The van der Waals surface area contributed by atoms with Crippen LogP contribution in [-0.4, -0.2) is 17.0 Å². The van der Waals surface area contributed by atoms with E-state index in [0.29, 0.717) is 17.9 Å². The molecular weight excluding hydrogens is 212 g/mol. The molecule has 0 aliphatic rings. The minimum atomic E-state index is -0.385. The summed E-state index contributed by atoms with van der Waals surface area (Å²) in [5, 5.41) is 9.83. The van der Waals surface area contributed by atoms with Gasteiger partial charge in [0.25, 0.3) is 0 Å². The molecule has 0 aromatic heterocycles. The van der Waals surface area contributed by atoms with Crippen LogP contribution < -0.4 is 0 Å². The van der Waals surface area contributed by atoms with Crippen LogP contribution in [-0.2, 0) is 0 Å². The zero-order valence-corrected chi connectivity index (χ0v) is 10.8. The monoisotopic (exact) mass is 233 g/mol. The van der Waals surface area contributed by atoms with E-state index in [1.165, 1.54) is 0 Å². The highest BCUT2D eigenvalue weighted by atomic mass is 16.3. The lowest BCUT2D eigenvalue weighted by Crippen LogP contribution is -2.20. The molecular formula is C15H21O2. The van der Waals surface area contributed by atoms with Crippen LogP contribution in [0.5, 0.6) is 0 Å². The van der Waals surface area contributed by atoms with Crippen LogP contribution in [0.25, 0.3) is 0 Å². The highest BCUT2D eigenvalue weighted by Gasteiger charge is 2.19. The third-order valence-electron chi connectivity index (χ3n) is 2.82. The molecule has 0 bridgehead atoms. The normalized spacial score (nSPS) is 14.6. The molecule has 0 aliphatic heterocycles. The first-order chi connectivity index (χ1) is 8.00. The fourth-order valence-electron chi connectivity index (χ4n) is 1.99. The van der Waals surface area contributed by atoms with Gasteiger partial charge >= 0.3 is 0 Å². The average Bonchev–Trinajstić information content (AvgIpc) is 2.28. The molecule has 0 saturated heterocycles. The number of aliphatic hydroxyl groups excluding tert-OH is 1. The fourth-order valence-corrected chi connectivity index (χ4v) is 1.99. The summed E-state index contributed by atoms with van der Waals surface area (Å²) in [5.74, 6) is 0.423. The molecule has 0 heterocycles. The molecule has 2 nitrogen and oxygen atoms in total. The van der Waals surface area contributed by atoms with Gasteiger partial charge in [0.1, 0.15) is 0 Å². The summed E-state index contributed by atoms with van der Waals surface area (Å²) in [5.41, 5.74) is 0.702. The van der Waals surface area contributed by atoms with Crippen molar-refractivity contribution in [3.63, 3.8) is 0 Å². The molecule has 0 aliphatic carbocycles. The van der Waals surface area contributed by atoms with E-state index in [4.69, 9.17) is 0 Å². The summed E-state index contributed by atoms with van der Waals surface area (Å²) in [7, 11) is 0. The number of carbonyl (C=O) groups is 1. The van der Waals surface area contributed by atoms with Crippen molar-refractivity contribution in [1.29, 1.82) is 0 Å². The SMILES string of the molecule is CC(C)CC(O)CC(C)C(=O)c1cc[c]cc1. The van der Waals surface area contributed by atoms with Gasteiger partial charge in [-0.25, -0.2) is 0 Å². The van der Waals surface area contributed by atoms with E-state index in [0.717, 1.165) is 6.42 Å². The van der Waals surface area contributed by atoms with E-state index in [9.17, 15) is 9.90 Å². The summed E-state index contributed by atoms with van der Waals surface area (Å²) >= 11 is 0. The second-order valence-corrected chi connectivity index (χ2v) is 5.07. The van der Waals surface area contributed by atoms with Crippen LogP contribution >= 0.6 is 0 Å². The lowest BCUT2D eigenvalue weighted by atomic mass is 9.91. The summed E-state index contributed by atoms with van der Waals surface area (Å²) in [6, 6.07) is 9.92. The van der Waals surface area contributed by atoms with E-state index < -0.39 is 0 Å².